The van der Waals surface area contributed by atoms with Crippen LogP contribution < -0.4 is 4.74 Å². The van der Waals surface area contributed by atoms with Crippen molar-refractivity contribution in [2.24, 2.45) is 0 Å². The lowest BCUT2D eigenvalue weighted by Gasteiger charge is -2.32. The Kier molecular flexibility index (Phi) is 6.70. The fourth-order valence-electron chi connectivity index (χ4n) is 4.29. The number of aromatic nitrogens is 2. The Morgan fingerprint density at radius 3 is 2.67 bits per heavy atom. The lowest BCUT2D eigenvalue weighted by Crippen LogP contribution is -2.39. The second-order valence-electron chi connectivity index (χ2n) is 8.26. The van der Waals surface area contributed by atoms with Crippen molar-refractivity contribution in [3.8, 4) is 5.75 Å². The van der Waals surface area contributed by atoms with Crippen molar-refractivity contribution in [3.05, 3.63) is 59.4 Å². The molecule has 0 saturated carbocycles. The molecule has 0 aliphatic carbocycles. The van der Waals surface area contributed by atoms with Gasteiger partial charge in [-0.1, -0.05) is 29.8 Å². The van der Waals surface area contributed by atoms with Crippen LogP contribution >= 0.6 is 0 Å². The summed E-state index contributed by atoms with van der Waals surface area (Å²) >= 11 is 0. The maximum Gasteiger partial charge on any atom is 0.127 e. The number of morpholine rings is 1. The third-order valence-corrected chi connectivity index (χ3v) is 6.02. The zero-order chi connectivity index (χ0) is 20.9. The standard InChI is InChI=1S/C25H33N3O2/c1-19-10-11-24(20(2)18-19)30-15-7-6-12-28-23-9-5-4-8-22(23)26-25(28)21(3)27-13-16-29-17-14-27/h4-5,8-11,18,21H,6-7,12-17H2,1-3H3. The van der Waals surface area contributed by atoms with Gasteiger partial charge in [0.25, 0.3) is 0 Å². The van der Waals surface area contributed by atoms with Crippen LogP contribution in [0.2, 0.25) is 0 Å². The Bertz CT molecular complexity index is 976. The summed E-state index contributed by atoms with van der Waals surface area (Å²) in [5.41, 5.74) is 4.79. The summed E-state index contributed by atoms with van der Waals surface area (Å²) in [5.74, 6) is 2.16. The van der Waals surface area contributed by atoms with Gasteiger partial charge in [0.15, 0.2) is 0 Å². The van der Waals surface area contributed by atoms with Gasteiger partial charge in [-0.15, -0.1) is 0 Å². The number of unbranched alkanes of at least 4 members (excludes halogenated alkanes) is 1. The van der Waals surface area contributed by atoms with E-state index in [0.29, 0.717) is 0 Å². The molecular formula is C25H33N3O2. The van der Waals surface area contributed by atoms with E-state index in [0.717, 1.165) is 69.4 Å². The molecule has 5 heteroatoms. The maximum atomic E-state index is 6.02. The minimum Gasteiger partial charge on any atom is -0.493 e. The van der Waals surface area contributed by atoms with Crippen LogP contribution in [0, 0.1) is 13.8 Å². The number of hydrogen-bond acceptors (Lipinski definition) is 4. The summed E-state index contributed by atoms with van der Waals surface area (Å²) in [6.45, 7) is 11.7. The largest absolute Gasteiger partial charge is 0.493 e. The molecular weight excluding hydrogens is 374 g/mol. The smallest absolute Gasteiger partial charge is 0.127 e. The third-order valence-electron chi connectivity index (χ3n) is 6.02. The van der Waals surface area contributed by atoms with Crippen LogP contribution in [-0.4, -0.2) is 47.4 Å². The molecule has 4 rings (SSSR count). The number of imidazole rings is 1. The van der Waals surface area contributed by atoms with Crippen LogP contribution in [0.15, 0.2) is 42.5 Å². The average molecular weight is 408 g/mol. The molecule has 3 aromatic rings. The van der Waals surface area contributed by atoms with Gasteiger partial charge in [0.1, 0.15) is 11.6 Å². The topological polar surface area (TPSA) is 39.5 Å². The summed E-state index contributed by atoms with van der Waals surface area (Å²) in [6, 6.07) is 15.1. The predicted octanol–water partition coefficient (Wildman–Crippen LogP) is 4.91. The molecule has 1 atom stereocenters. The number of ether oxygens (including phenoxy) is 2. The Morgan fingerprint density at radius 1 is 1.07 bits per heavy atom. The van der Waals surface area contributed by atoms with Gasteiger partial charge in [0.05, 0.1) is 36.9 Å². The van der Waals surface area contributed by atoms with Gasteiger partial charge in [-0.2, -0.15) is 0 Å². The molecule has 0 spiro atoms. The summed E-state index contributed by atoms with van der Waals surface area (Å²) in [5, 5.41) is 0. The van der Waals surface area contributed by atoms with Crippen molar-refractivity contribution in [1.29, 1.82) is 0 Å². The van der Waals surface area contributed by atoms with E-state index in [9.17, 15) is 0 Å². The second kappa shape index (κ2) is 9.63. The summed E-state index contributed by atoms with van der Waals surface area (Å²) < 4.78 is 14.0. The molecule has 1 aliphatic heterocycles. The molecule has 1 aromatic heterocycles. The maximum absolute atomic E-state index is 6.02. The number of fused-ring (bicyclic) bond motifs is 1. The Labute approximate surface area is 179 Å². The average Bonchev–Trinajstić information content (AvgIpc) is 3.13. The monoisotopic (exact) mass is 407 g/mol. The lowest BCUT2D eigenvalue weighted by molar-refractivity contribution is 0.0176. The molecule has 30 heavy (non-hydrogen) atoms. The van der Waals surface area contributed by atoms with Crippen molar-refractivity contribution in [3.63, 3.8) is 0 Å². The summed E-state index contributed by atoms with van der Waals surface area (Å²) in [6.07, 6.45) is 2.08. The highest BCUT2D eigenvalue weighted by atomic mass is 16.5. The Balaban J connectivity index is 1.41. The highest BCUT2D eigenvalue weighted by molar-refractivity contribution is 5.76. The lowest BCUT2D eigenvalue weighted by atomic mass is 10.1. The van der Waals surface area contributed by atoms with Gasteiger partial charge in [-0.3, -0.25) is 4.90 Å². The number of rotatable bonds is 8. The number of para-hydroxylation sites is 2. The van der Waals surface area contributed by atoms with Gasteiger partial charge in [-0.05, 0) is 57.4 Å². The molecule has 1 saturated heterocycles. The number of hydrogen-bond donors (Lipinski definition) is 0. The van der Waals surface area contributed by atoms with Crippen LogP contribution in [0.3, 0.4) is 0 Å². The zero-order valence-corrected chi connectivity index (χ0v) is 18.4. The van der Waals surface area contributed by atoms with E-state index in [1.54, 1.807) is 0 Å². The predicted molar refractivity (Wildman–Crippen MR) is 121 cm³/mol. The molecule has 2 aromatic carbocycles. The number of nitrogens with zero attached hydrogens (tertiary/aromatic N) is 3. The van der Waals surface area contributed by atoms with Crippen LogP contribution in [-0.2, 0) is 11.3 Å². The van der Waals surface area contributed by atoms with Gasteiger partial charge in [0, 0.05) is 19.6 Å². The fraction of sp³-hybridized carbons (Fsp3) is 0.480. The number of aryl methyl sites for hydroxylation is 3. The molecule has 1 fully saturated rings. The Hall–Kier alpha value is -2.37. The van der Waals surface area contributed by atoms with Gasteiger partial charge in [-0.25, -0.2) is 4.98 Å². The van der Waals surface area contributed by atoms with Crippen molar-refractivity contribution >= 4 is 11.0 Å². The van der Waals surface area contributed by atoms with E-state index < -0.39 is 0 Å². The Morgan fingerprint density at radius 2 is 1.87 bits per heavy atom. The van der Waals surface area contributed by atoms with E-state index in [4.69, 9.17) is 14.5 Å². The van der Waals surface area contributed by atoms with E-state index in [-0.39, 0.29) is 6.04 Å². The molecule has 160 valence electrons. The minimum absolute atomic E-state index is 0.285. The van der Waals surface area contributed by atoms with E-state index >= 15 is 0 Å². The molecule has 1 aliphatic rings. The first-order chi connectivity index (χ1) is 14.6. The van der Waals surface area contributed by atoms with Gasteiger partial charge in [0.2, 0.25) is 0 Å². The first-order valence-corrected chi connectivity index (χ1v) is 11.1. The highest BCUT2D eigenvalue weighted by Crippen LogP contribution is 2.26. The van der Waals surface area contributed by atoms with E-state index in [2.05, 4.69) is 72.7 Å². The molecule has 0 radical (unpaired) electrons. The van der Waals surface area contributed by atoms with Crippen LogP contribution in [0.5, 0.6) is 5.75 Å². The van der Waals surface area contributed by atoms with E-state index in [1.165, 1.54) is 16.6 Å². The molecule has 0 amide bonds. The second-order valence-corrected chi connectivity index (χ2v) is 8.26. The fourth-order valence-corrected chi connectivity index (χ4v) is 4.29. The van der Waals surface area contributed by atoms with Crippen LogP contribution in [0.1, 0.15) is 42.8 Å². The molecule has 1 unspecified atom stereocenters. The molecule has 0 N–H and O–H groups in total. The van der Waals surface area contributed by atoms with Gasteiger partial charge >= 0.3 is 0 Å². The summed E-state index contributed by atoms with van der Waals surface area (Å²) in [4.78, 5) is 7.48. The van der Waals surface area contributed by atoms with Crippen molar-refractivity contribution in [2.45, 2.75) is 46.2 Å². The normalized spacial score (nSPS) is 16.1. The molecule has 5 nitrogen and oxygen atoms in total. The SMILES string of the molecule is Cc1ccc(OCCCCn2c(C(C)N3CCOCC3)nc3ccccc32)c(C)c1. The zero-order valence-electron chi connectivity index (χ0n) is 18.4. The van der Waals surface area contributed by atoms with E-state index in [1.807, 2.05) is 0 Å². The first-order valence-electron chi connectivity index (χ1n) is 11.1. The minimum atomic E-state index is 0.285. The van der Waals surface area contributed by atoms with Crippen LogP contribution in [0.25, 0.3) is 11.0 Å². The third kappa shape index (κ3) is 4.68. The van der Waals surface area contributed by atoms with Crippen molar-refractivity contribution < 1.29 is 9.47 Å². The number of benzene rings is 2. The highest BCUT2D eigenvalue weighted by Gasteiger charge is 2.23. The quantitative estimate of drug-likeness (QED) is 0.498. The summed E-state index contributed by atoms with van der Waals surface area (Å²) in [7, 11) is 0. The van der Waals surface area contributed by atoms with Crippen molar-refractivity contribution in [2.75, 3.05) is 32.9 Å². The van der Waals surface area contributed by atoms with Gasteiger partial charge < -0.3 is 14.0 Å². The van der Waals surface area contributed by atoms with Crippen molar-refractivity contribution in [1.82, 2.24) is 14.5 Å². The molecule has 0 bridgehead atoms. The molecule has 2 heterocycles. The van der Waals surface area contributed by atoms with Crippen LogP contribution in [0.4, 0.5) is 0 Å². The first kappa shape index (κ1) is 20.9.